The molecule has 20 heavy (non-hydrogen) atoms. The minimum atomic E-state index is 0.214. The molecule has 1 heterocycles. The Morgan fingerprint density at radius 2 is 1.90 bits per heavy atom. The van der Waals surface area contributed by atoms with Crippen LogP contribution in [-0.4, -0.2) is 22.7 Å². The fraction of sp³-hybridized carbons (Fsp3) is 0.500. The molecular weight excluding hydrogens is 250 g/mol. The highest BCUT2D eigenvalue weighted by Gasteiger charge is 2.22. The zero-order valence-electron chi connectivity index (χ0n) is 12.7. The molecule has 2 rings (SSSR count). The fourth-order valence-corrected chi connectivity index (χ4v) is 2.35. The average Bonchev–Trinajstić information content (AvgIpc) is 2.94. The Balaban J connectivity index is 2.17. The van der Waals surface area contributed by atoms with Crippen LogP contribution < -0.4 is 5.32 Å². The molecule has 0 aliphatic rings. The van der Waals surface area contributed by atoms with Gasteiger partial charge in [-0.1, -0.05) is 55.8 Å². The van der Waals surface area contributed by atoms with Gasteiger partial charge in [-0.3, -0.25) is 0 Å². The monoisotopic (exact) mass is 273 g/mol. The molecule has 0 aliphatic carbocycles. The molecule has 0 bridgehead atoms. The Morgan fingerprint density at radius 1 is 1.20 bits per heavy atom. The number of hydrogen-bond donors (Lipinski definition) is 1. The van der Waals surface area contributed by atoms with E-state index in [1.807, 2.05) is 12.1 Å². The summed E-state index contributed by atoms with van der Waals surface area (Å²) < 4.78 is 5.44. The molecule has 2 aromatic rings. The summed E-state index contributed by atoms with van der Waals surface area (Å²) in [5, 5.41) is 7.56. The lowest BCUT2D eigenvalue weighted by Gasteiger charge is -2.20. The van der Waals surface area contributed by atoms with E-state index in [9.17, 15) is 0 Å². The number of aryl methyl sites for hydroxylation is 1. The lowest BCUT2D eigenvalue weighted by atomic mass is 9.99. The third kappa shape index (κ3) is 3.25. The highest BCUT2D eigenvalue weighted by Crippen LogP contribution is 2.23. The summed E-state index contributed by atoms with van der Waals surface area (Å²) in [7, 11) is 0. The number of benzene rings is 1. The number of nitrogens with one attached hydrogen (secondary N) is 1. The topological polar surface area (TPSA) is 51.0 Å². The number of rotatable bonds is 6. The summed E-state index contributed by atoms with van der Waals surface area (Å²) in [6.45, 7) is 9.42. The van der Waals surface area contributed by atoms with Crippen molar-refractivity contribution in [2.24, 2.45) is 0 Å². The maximum absolute atomic E-state index is 5.44. The van der Waals surface area contributed by atoms with E-state index in [-0.39, 0.29) is 5.92 Å². The first-order valence-electron chi connectivity index (χ1n) is 7.29. The highest BCUT2D eigenvalue weighted by atomic mass is 16.5. The van der Waals surface area contributed by atoms with Crippen LogP contribution in [0.4, 0.5) is 0 Å². The van der Waals surface area contributed by atoms with E-state index in [0.29, 0.717) is 17.8 Å². The number of nitrogens with zero attached hydrogens (tertiary/aromatic N) is 2. The maximum atomic E-state index is 5.44. The lowest BCUT2D eigenvalue weighted by Crippen LogP contribution is -2.33. The predicted molar refractivity (Wildman–Crippen MR) is 80.6 cm³/mol. The van der Waals surface area contributed by atoms with Gasteiger partial charge in [-0.25, -0.2) is 0 Å². The largest absolute Gasteiger partial charge is 0.339 e. The van der Waals surface area contributed by atoms with Crippen LogP contribution in [-0.2, 0) is 0 Å². The van der Waals surface area contributed by atoms with Gasteiger partial charge < -0.3 is 9.84 Å². The zero-order chi connectivity index (χ0) is 14.5. The van der Waals surface area contributed by atoms with E-state index in [4.69, 9.17) is 4.52 Å². The molecule has 0 fully saturated rings. The molecule has 0 saturated heterocycles. The fourth-order valence-electron chi connectivity index (χ4n) is 2.35. The van der Waals surface area contributed by atoms with Crippen molar-refractivity contribution in [1.29, 1.82) is 0 Å². The average molecular weight is 273 g/mol. The summed E-state index contributed by atoms with van der Waals surface area (Å²) >= 11 is 0. The minimum absolute atomic E-state index is 0.214. The molecule has 1 aromatic heterocycles. The third-order valence-electron chi connectivity index (χ3n) is 3.65. The maximum Gasteiger partial charge on any atom is 0.231 e. The Hall–Kier alpha value is -1.68. The molecule has 0 spiro atoms. The Bertz CT molecular complexity index is 533. The lowest BCUT2D eigenvalue weighted by molar-refractivity contribution is 0.321. The van der Waals surface area contributed by atoms with Crippen LogP contribution in [0.5, 0.6) is 0 Å². The molecule has 2 atom stereocenters. The first kappa shape index (κ1) is 14.7. The van der Waals surface area contributed by atoms with E-state index in [2.05, 4.69) is 55.3 Å². The smallest absolute Gasteiger partial charge is 0.231 e. The van der Waals surface area contributed by atoms with Crippen molar-refractivity contribution in [3.8, 4) is 11.4 Å². The van der Waals surface area contributed by atoms with Crippen molar-refractivity contribution in [3.05, 3.63) is 35.7 Å². The predicted octanol–water partition coefficient (Wildman–Crippen LogP) is 3.54. The summed E-state index contributed by atoms with van der Waals surface area (Å²) in [5.41, 5.74) is 2.22. The van der Waals surface area contributed by atoms with Crippen LogP contribution in [0.3, 0.4) is 0 Å². The van der Waals surface area contributed by atoms with Crippen LogP contribution in [0.15, 0.2) is 28.8 Å². The van der Waals surface area contributed by atoms with Crippen LogP contribution in [0, 0.1) is 6.92 Å². The van der Waals surface area contributed by atoms with Gasteiger partial charge in [0.2, 0.25) is 11.7 Å². The normalized spacial score (nSPS) is 14.2. The number of aromatic nitrogens is 2. The van der Waals surface area contributed by atoms with Gasteiger partial charge in [0, 0.05) is 11.6 Å². The molecule has 108 valence electrons. The summed E-state index contributed by atoms with van der Waals surface area (Å²) in [6.07, 6.45) is 1.04. The second-order valence-corrected chi connectivity index (χ2v) is 5.18. The second-order valence-electron chi connectivity index (χ2n) is 5.18. The quantitative estimate of drug-likeness (QED) is 0.874. The first-order chi connectivity index (χ1) is 9.65. The SMILES string of the molecule is CCNC(CC)C(C)c1nc(-c2ccc(C)cc2)no1. The second kappa shape index (κ2) is 6.66. The van der Waals surface area contributed by atoms with Gasteiger partial charge in [-0.15, -0.1) is 0 Å². The summed E-state index contributed by atoms with van der Waals surface area (Å²) in [4.78, 5) is 4.54. The number of likely N-dealkylation sites (N-methyl/N-ethyl adjacent to an activating group) is 1. The van der Waals surface area contributed by atoms with Crippen LogP contribution in [0.25, 0.3) is 11.4 Å². The van der Waals surface area contributed by atoms with Gasteiger partial charge in [0.05, 0.1) is 5.92 Å². The van der Waals surface area contributed by atoms with Crippen LogP contribution >= 0.6 is 0 Å². The molecule has 0 saturated carbocycles. The van der Waals surface area contributed by atoms with Gasteiger partial charge in [0.25, 0.3) is 0 Å². The van der Waals surface area contributed by atoms with Crippen molar-refractivity contribution < 1.29 is 4.52 Å². The van der Waals surface area contributed by atoms with E-state index >= 15 is 0 Å². The molecule has 4 nitrogen and oxygen atoms in total. The van der Waals surface area contributed by atoms with E-state index < -0.39 is 0 Å². The van der Waals surface area contributed by atoms with Crippen molar-refractivity contribution in [2.45, 2.75) is 46.1 Å². The third-order valence-corrected chi connectivity index (χ3v) is 3.65. The van der Waals surface area contributed by atoms with Crippen LogP contribution in [0.2, 0.25) is 0 Å². The molecule has 1 aromatic carbocycles. The molecule has 0 radical (unpaired) electrons. The van der Waals surface area contributed by atoms with Crippen molar-refractivity contribution in [3.63, 3.8) is 0 Å². The zero-order valence-corrected chi connectivity index (χ0v) is 12.7. The van der Waals surface area contributed by atoms with Crippen molar-refractivity contribution in [1.82, 2.24) is 15.5 Å². The van der Waals surface area contributed by atoms with Crippen LogP contribution in [0.1, 0.15) is 44.6 Å². The highest BCUT2D eigenvalue weighted by molar-refractivity contribution is 5.54. The van der Waals surface area contributed by atoms with Gasteiger partial charge in [-0.05, 0) is 19.9 Å². The molecule has 0 amide bonds. The Morgan fingerprint density at radius 3 is 2.50 bits per heavy atom. The van der Waals surface area contributed by atoms with Crippen molar-refractivity contribution in [2.75, 3.05) is 6.54 Å². The molecule has 1 N–H and O–H groups in total. The van der Waals surface area contributed by atoms with Gasteiger partial charge in [0.1, 0.15) is 0 Å². The molecule has 2 unspecified atom stereocenters. The van der Waals surface area contributed by atoms with Crippen molar-refractivity contribution >= 4 is 0 Å². The van der Waals surface area contributed by atoms with Gasteiger partial charge in [-0.2, -0.15) is 4.98 Å². The summed E-state index contributed by atoms with van der Waals surface area (Å²) in [6, 6.07) is 8.53. The minimum Gasteiger partial charge on any atom is -0.339 e. The Labute approximate surface area is 120 Å². The molecule has 0 aliphatic heterocycles. The number of hydrogen-bond acceptors (Lipinski definition) is 4. The van der Waals surface area contributed by atoms with E-state index in [0.717, 1.165) is 18.5 Å². The summed E-state index contributed by atoms with van der Waals surface area (Å²) in [5.74, 6) is 1.58. The van der Waals surface area contributed by atoms with E-state index in [1.54, 1.807) is 0 Å². The van der Waals surface area contributed by atoms with Gasteiger partial charge >= 0.3 is 0 Å². The standard InChI is InChI=1S/C16H23N3O/c1-5-14(17-6-2)12(4)16-18-15(19-20-16)13-9-7-11(3)8-10-13/h7-10,12,14,17H,5-6H2,1-4H3. The van der Waals surface area contributed by atoms with Gasteiger partial charge in [0.15, 0.2) is 0 Å². The van der Waals surface area contributed by atoms with E-state index in [1.165, 1.54) is 5.56 Å². The Kier molecular flexibility index (Phi) is 4.90. The molecular formula is C16H23N3O. The first-order valence-corrected chi connectivity index (χ1v) is 7.29. The molecule has 4 heteroatoms.